The van der Waals surface area contributed by atoms with E-state index in [1.807, 2.05) is 30.3 Å². The topological polar surface area (TPSA) is 55.8 Å². The third-order valence-electron chi connectivity index (χ3n) is 2.92. The Balaban J connectivity index is 2.46. The Kier molecular flexibility index (Phi) is 4.02. The maximum Gasteiger partial charge on any atom is 0.343 e. The van der Waals surface area contributed by atoms with Crippen LogP contribution in [-0.4, -0.2) is 24.8 Å². The third kappa shape index (κ3) is 2.85. The monoisotopic (exact) mass is 260 g/mol. The molecule has 0 saturated carbocycles. The van der Waals surface area contributed by atoms with Gasteiger partial charge in [-0.1, -0.05) is 36.4 Å². The van der Waals surface area contributed by atoms with Crippen molar-refractivity contribution in [3.63, 3.8) is 0 Å². The summed E-state index contributed by atoms with van der Waals surface area (Å²) in [7, 11) is 1.31. The van der Waals surface area contributed by atoms with E-state index in [1.54, 1.807) is 13.0 Å². The second-order valence-electron chi connectivity index (χ2n) is 4.25. The van der Waals surface area contributed by atoms with Crippen molar-refractivity contribution in [3.05, 3.63) is 42.0 Å². The number of hydrogen-bond acceptors (Lipinski definition) is 4. The lowest BCUT2D eigenvalue weighted by Gasteiger charge is -2.15. The smallest absolute Gasteiger partial charge is 0.343 e. The molecular weight excluding hydrogens is 244 g/mol. The van der Waals surface area contributed by atoms with E-state index in [-0.39, 0.29) is 6.61 Å². The van der Waals surface area contributed by atoms with E-state index in [4.69, 9.17) is 4.74 Å². The zero-order valence-corrected chi connectivity index (χ0v) is 10.9. The fourth-order valence-electron chi connectivity index (χ4n) is 1.94. The van der Waals surface area contributed by atoms with Crippen LogP contribution in [0.1, 0.15) is 18.6 Å². The number of ether oxygens (including phenoxy) is 2. The Labute approximate surface area is 111 Å². The van der Waals surface area contributed by atoms with Crippen molar-refractivity contribution in [1.29, 1.82) is 0 Å². The number of esters is 1. The average Bonchev–Trinajstić information content (AvgIpc) is 2.43. The molecule has 0 aliphatic carbocycles. The van der Waals surface area contributed by atoms with Gasteiger partial charge in [-0.25, -0.2) is 4.79 Å². The highest BCUT2D eigenvalue weighted by atomic mass is 16.6. The van der Waals surface area contributed by atoms with Crippen LogP contribution in [-0.2, 0) is 9.53 Å². The van der Waals surface area contributed by atoms with Crippen LogP contribution in [0.3, 0.4) is 0 Å². The van der Waals surface area contributed by atoms with E-state index >= 15 is 0 Å². The Morgan fingerprint density at radius 1 is 1.26 bits per heavy atom. The van der Waals surface area contributed by atoms with Gasteiger partial charge in [-0.3, -0.25) is 0 Å². The van der Waals surface area contributed by atoms with Gasteiger partial charge in [0.05, 0.1) is 13.2 Å². The lowest BCUT2D eigenvalue weighted by Crippen LogP contribution is -2.14. The second-order valence-corrected chi connectivity index (χ2v) is 4.25. The van der Waals surface area contributed by atoms with E-state index in [9.17, 15) is 9.90 Å². The van der Waals surface area contributed by atoms with Crippen molar-refractivity contribution in [2.24, 2.45) is 0 Å². The Bertz CT molecular complexity index is 590. The van der Waals surface area contributed by atoms with Crippen LogP contribution in [0.4, 0.5) is 0 Å². The molecule has 1 N–H and O–H groups in total. The van der Waals surface area contributed by atoms with E-state index in [2.05, 4.69) is 4.74 Å². The van der Waals surface area contributed by atoms with Gasteiger partial charge in [-0.15, -0.1) is 0 Å². The second kappa shape index (κ2) is 5.71. The molecule has 0 aliphatic heterocycles. The molecule has 1 atom stereocenters. The van der Waals surface area contributed by atoms with Gasteiger partial charge in [-0.05, 0) is 12.3 Å². The number of carbonyl (C=O) groups excluding carboxylic acids is 1. The van der Waals surface area contributed by atoms with Gasteiger partial charge in [0.2, 0.25) is 0 Å². The van der Waals surface area contributed by atoms with Crippen LogP contribution >= 0.6 is 0 Å². The average molecular weight is 260 g/mol. The minimum Gasteiger partial charge on any atom is -0.481 e. The van der Waals surface area contributed by atoms with E-state index < -0.39 is 12.1 Å². The summed E-state index contributed by atoms with van der Waals surface area (Å²) in [6.07, 6.45) is -0.669. The van der Waals surface area contributed by atoms with Gasteiger partial charge in [0.25, 0.3) is 0 Å². The highest BCUT2D eigenvalue weighted by molar-refractivity contribution is 5.90. The van der Waals surface area contributed by atoms with Crippen LogP contribution in [0.25, 0.3) is 10.8 Å². The largest absolute Gasteiger partial charge is 0.481 e. The summed E-state index contributed by atoms with van der Waals surface area (Å²) in [5.74, 6) is 0.0722. The zero-order chi connectivity index (χ0) is 13.8. The highest BCUT2D eigenvalue weighted by Crippen LogP contribution is 2.33. The molecular formula is C15H16O4. The fraction of sp³-hybridized carbons (Fsp3) is 0.267. The van der Waals surface area contributed by atoms with Gasteiger partial charge in [0, 0.05) is 10.9 Å². The molecule has 0 amide bonds. The molecule has 0 radical (unpaired) electrons. The van der Waals surface area contributed by atoms with E-state index in [1.165, 1.54) is 7.11 Å². The molecule has 19 heavy (non-hydrogen) atoms. The molecule has 0 heterocycles. The fourth-order valence-corrected chi connectivity index (χ4v) is 1.94. The van der Waals surface area contributed by atoms with E-state index in [0.29, 0.717) is 11.3 Å². The van der Waals surface area contributed by atoms with Crippen LogP contribution in [0.5, 0.6) is 5.75 Å². The van der Waals surface area contributed by atoms with E-state index in [0.717, 1.165) is 10.8 Å². The van der Waals surface area contributed by atoms with Crippen LogP contribution in [0, 0.1) is 0 Å². The van der Waals surface area contributed by atoms with Gasteiger partial charge in [-0.2, -0.15) is 0 Å². The van der Waals surface area contributed by atoms with Gasteiger partial charge in [0.15, 0.2) is 6.61 Å². The Morgan fingerprint density at radius 2 is 2.00 bits per heavy atom. The summed E-state index contributed by atoms with van der Waals surface area (Å²) in [6, 6.07) is 11.4. The number of fused-ring (bicyclic) bond motifs is 1. The molecule has 0 bridgehead atoms. The number of hydrogen-bond donors (Lipinski definition) is 1. The number of methoxy groups -OCH3 is 1. The van der Waals surface area contributed by atoms with Crippen molar-refractivity contribution in [1.82, 2.24) is 0 Å². The molecule has 100 valence electrons. The Morgan fingerprint density at radius 3 is 2.68 bits per heavy atom. The molecule has 2 aromatic carbocycles. The van der Waals surface area contributed by atoms with Crippen LogP contribution in [0.15, 0.2) is 36.4 Å². The number of carbonyl (C=O) groups is 1. The first kappa shape index (κ1) is 13.4. The van der Waals surface area contributed by atoms with Crippen LogP contribution in [0.2, 0.25) is 0 Å². The summed E-state index contributed by atoms with van der Waals surface area (Å²) in [5.41, 5.74) is 0.655. The first-order chi connectivity index (χ1) is 9.13. The predicted molar refractivity (Wildman–Crippen MR) is 72.1 cm³/mol. The summed E-state index contributed by atoms with van der Waals surface area (Å²) >= 11 is 0. The van der Waals surface area contributed by atoms with Crippen LogP contribution < -0.4 is 4.74 Å². The number of rotatable bonds is 4. The summed E-state index contributed by atoms with van der Waals surface area (Å²) in [4.78, 5) is 11.2. The normalized spacial score (nSPS) is 12.2. The SMILES string of the molecule is COC(=O)COc1c(C(C)O)ccc2ccccc12. The molecule has 0 aromatic heterocycles. The number of aliphatic hydroxyl groups excluding tert-OH is 1. The minimum atomic E-state index is -0.669. The standard InChI is InChI=1S/C15H16O4/c1-10(16)12-8-7-11-5-3-4-6-13(11)15(12)19-9-14(17)18-2/h3-8,10,16H,9H2,1-2H3. The quantitative estimate of drug-likeness (QED) is 0.858. The summed E-state index contributed by atoms with van der Waals surface area (Å²) < 4.78 is 10.1. The van der Waals surface area contributed by atoms with Crippen molar-refractivity contribution < 1.29 is 19.4 Å². The molecule has 0 aliphatic rings. The summed E-state index contributed by atoms with van der Waals surface area (Å²) in [5, 5.41) is 11.6. The molecule has 4 heteroatoms. The van der Waals surface area contributed by atoms with Crippen molar-refractivity contribution in [2.45, 2.75) is 13.0 Å². The van der Waals surface area contributed by atoms with Gasteiger partial charge in [0.1, 0.15) is 5.75 Å². The van der Waals surface area contributed by atoms with Gasteiger partial charge < -0.3 is 14.6 Å². The number of benzene rings is 2. The lowest BCUT2D eigenvalue weighted by molar-refractivity contribution is -0.142. The van der Waals surface area contributed by atoms with Crippen molar-refractivity contribution in [3.8, 4) is 5.75 Å². The maximum absolute atomic E-state index is 11.2. The molecule has 0 spiro atoms. The zero-order valence-electron chi connectivity index (χ0n) is 10.9. The summed E-state index contributed by atoms with van der Waals surface area (Å²) in [6.45, 7) is 1.49. The first-order valence-corrected chi connectivity index (χ1v) is 6.03. The van der Waals surface area contributed by atoms with Gasteiger partial charge >= 0.3 is 5.97 Å². The minimum absolute atomic E-state index is 0.176. The molecule has 2 rings (SSSR count). The first-order valence-electron chi connectivity index (χ1n) is 6.03. The molecule has 0 fully saturated rings. The third-order valence-corrected chi connectivity index (χ3v) is 2.92. The lowest BCUT2D eigenvalue weighted by atomic mass is 10.0. The van der Waals surface area contributed by atoms with Crippen molar-refractivity contribution >= 4 is 16.7 Å². The Hall–Kier alpha value is -2.07. The molecule has 2 aromatic rings. The molecule has 0 saturated heterocycles. The van der Waals surface area contributed by atoms with Crippen molar-refractivity contribution in [2.75, 3.05) is 13.7 Å². The predicted octanol–water partition coefficient (Wildman–Crippen LogP) is 2.44. The number of aliphatic hydroxyl groups is 1. The molecule has 1 unspecified atom stereocenters. The highest BCUT2D eigenvalue weighted by Gasteiger charge is 2.14. The maximum atomic E-state index is 11.2. The molecule has 4 nitrogen and oxygen atoms in total.